The van der Waals surface area contributed by atoms with Crippen molar-refractivity contribution in [3.63, 3.8) is 0 Å². The second-order valence-corrected chi connectivity index (χ2v) is 6.37. The number of rotatable bonds is 4. The third-order valence-corrected chi connectivity index (χ3v) is 4.90. The minimum Gasteiger partial charge on any atom is -0.493 e. The summed E-state index contributed by atoms with van der Waals surface area (Å²) in [6.45, 7) is 1.73. The number of piperidine rings is 1. The first-order chi connectivity index (χ1) is 12.7. The number of hydrogen-bond acceptors (Lipinski definition) is 7. The van der Waals surface area contributed by atoms with Crippen LogP contribution in [0.5, 0.6) is 11.5 Å². The summed E-state index contributed by atoms with van der Waals surface area (Å²) in [5.74, 6) is 3.84. The summed E-state index contributed by atoms with van der Waals surface area (Å²) in [7, 11) is 3.20. The van der Waals surface area contributed by atoms with Crippen molar-refractivity contribution in [2.45, 2.75) is 18.8 Å². The van der Waals surface area contributed by atoms with Gasteiger partial charge in [-0.3, -0.25) is 0 Å². The van der Waals surface area contributed by atoms with Gasteiger partial charge < -0.3 is 25.1 Å². The normalized spacial score (nSPS) is 15.4. The molecule has 0 aliphatic carbocycles. The zero-order chi connectivity index (χ0) is 18.1. The van der Waals surface area contributed by atoms with E-state index in [2.05, 4.69) is 19.9 Å². The van der Waals surface area contributed by atoms with Crippen molar-refractivity contribution in [1.82, 2.24) is 19.9 Å². The number of H-pyrrole nitrogens is 1. The van der Waals surface area contributed by atoms with Crippen LogP contribution in [0.4, 0.5) is 11.8 Å². The molecule has 8 nitrogen and oxygen atoms in total. The van der Waals surface area contributed by atoms with Gasteiger partial charge in [0.15, 0.2) is 11.5 Å². The number of nitrogens with two attached hydrogens (primary N) is 1. The molecule has 0 atom stereocenters. The molecule has 0 spiro atoms. The fraction of sp³-hybridized carbons (Fsp3) is 0.389. The number of benzene rings is 1. The van der Waals surface area contributed by atoms with E-state index in [0.29, 0.717) is 29.2 Å². The molecule has 8 heteroatoms. The van der Waals surface area contributed by atoms with Gasteiger partial charge in [-0.25, -0.2) is 9.97 Å². The third kappa shape index (κ3) is 2.87. The van der Waals surface area contributed by atoms with Crippen molar-refractivity contribution in [3.8, 4) is 11.5 Å². The average Bonchev–Trinajstić information content (AvgIpc) is 3.22. The molecule has 3 N–H and O–H groups in total. The van der Waals surface area contributed by atoms with Crippen molar-refractivity contribution in [2.24, 2.45) is 0 Å². The number of aromatic nitrogens is 4. The van der Waals surface area contributed by atoms with E-state index in [0.717, 1.165) is 42.7 Å². The molecule has 136 valence electrons. The van der Waals surface area contributed by atoms with E-state index in [1.165, 1.54) is 0 Å². The SMILES string of the molecule is COc1cc2nc(N3CCC(c4ncc[nH]4)CC3)nc(N)c2cc1OC. The first-order valence-electron chi connectivity index (χ1n) is 8.63. The summed E-state index contributed by atoms with van der Waals surface area (Å²) in [5.41, 5.74) is 6.94. The van der Waals surface area contributed by atoms with Gasteiger partial charge in [0.25, 0.3) is 0 Å². The molecular weight excluding hydrogens is 332 g/mol. The third-order valence-electron chi connectivity index (χ3n) is 4.90. The predicted octanol–water partition coefficient (Wildman–Crippen LogP) is 2.34. The number of ether oxygens (including phenoxy) is 2. The molecule has 0 radical (unpaired) electrons. The van der Waals surface area contributed by atoms with E-state index in [4.69, 9.17) is 20.2 Å². The van der Waals surface area contributed by atoms with Gasteiger partial charge in [0.05, 0.1) is 19.7 Å². The summed E-state index contributed by atoms with van der Waals surface area (Å²) < 4.78 is 10.7. The van der Waals surface area contributed by atoms with E-state index in [-0.39, 0.29) is 0 Å². The highest BCUT2D eigenvalue weighted by molar-refractivity contribution is 5.91. The molecule has 0 amide bonds. The molecule has 3 heterocycles. The quantitative estimate of drug-likeness (QED) is 0.741. The highest BCUT2D eigenvalue weighted by atomic mass is 16.5. The van der Waals surface area contributed by atoms with Crippen molar-refractivity contribution in [1.29, 1.82) is 0 Å². The minimum atomic E-state index is 0.444. The summed E-state index contributed by atoms with van der Waals surface area (Å²) in [6, 6.07) is 3.65. The smallest absolute Gasteiger partial charge is 0.227 e. The number of fused-ring (bicyclic) bond motifs is 1. The van der Waals surface area contributed by atoms with Gasteiger partial charge in [-0.1, -0.05) is 0 Å². The lowest BCUT2D eigenvalue weighted by molar-refractivity contribution is 0.356. The molecule has 1 aliphatic heterocycles. The lowest BCUT2D eigenvalue weighted by atomic mass is 9.96. The van der Waals surface area contributed by atoms with Gasteiger partial charge in [0, 0.05) is 42.9 Å². The number of aromatic amines is 1. The van der Waals surface area contributed by atoms with Gasteiger partial charge in [-0.05, 0) is 18.9 Å². The Hall–Kier alpha value is -3.03. The maximum absolute atomic E-state index is 6.19. The maximum atomic E-state index is 6.19. The lowest BCUT2D eigenvalue weighted by Crippen LogP contribution is -2.34. The molecule has 4 rings (SSSR count). The van der Waals surface area contributed by atoms with Crippen LogP contribution < -0.4 is 20.1 Å². The first-order valence-corrected chi connectivity index (χ1v) is 8.63. The Morgan fingerprint density at radius 2 is 1.85 bits per heavy atom. The Morgan fingerprint density at radius 1 is 1.12 bits per heavy atom. The van der Waals surface area contributed by atoms with Crippen molar-refractivity contribution in [2.75, 3.05) is 37.9 Å². The van der Waals surface area contributed by atoms with Crippen LogP contribution in [0.2, 0.25) is 0 Å². The van der Waals surface area contributed by atoms with Crippen molar-refractivity contribution in [3.05, 3.63) is 30.4 Å². The zero-order valence-electron chi connectivity index (χ0n) is 14.9. The number of nitrogen functional groups attached to an aromatic ring is 1. The van der Waals surface area contributed by atoms with Gasteiger partial charge in [0.1, 0.15) is 11.6 Å². The fourth-order valence-corrected chi connectivity index (χ4v) is 3.46. The molecule has 2 aromatic heterocycles. The molecule has 1 saturated heterocycles. The standard InChI is InChI=1S/C18H22N6O2/c1-25-14-9-12-13(10-15(14)26-2)22-18(23-16(12)19)24-7-3-11(4-8-24)17-20-5-6-21-17/h5-6,9-11H,3-4,7-8H2,1-2H3,(H,20,21)(H2,19,22,23). The number of nitrogens with one attached hydrogen (secondary N) is 1. The molecule has 1 aromatic carbocycles. The molecule has 0 unspecified atom stereocenters. The Bertz CT molecular complexity index is 904. The molecule has 3 aromatic rings. The Labute approximate surface area is 151 Å². The van der Waals surface area contributed by atoms with Crippen LogP contribution in [0.15, 0.2) is 24.5 Å². The summed E-state index contributed by atoms with van der Waals surface area (Å²) in [4.78, 5) is 19.0. The van der Waals surface area contributed by atoms with Crippen LogP contribution >= 0.6 is 0 Å². The number of methoxy groups -OCH3 is 2. The first kappa shape index (κ1) is 16.4. The average molecular weight is 354 g/mol. The molecule has 1 aliphatic rings. The number of hydrogen-bond donors (Lipinski definition) is 2. The lowest BCUT2D eigenvalue weighted by Gasteiger charge is -2.31. The highest BCUT2D eigenvalue weighted by Crippen LogP contribution is 2.35. The maximum Gasteiger partial charge on any atom is 0.227 e. The minimum absolute atomic E-state index is 0.444. The van der Waals surface area contributed by atoms with Gasteiger partial charge in [-0.15, -0.1) is 0 Å². The van der Waals surface area contributed by atoms with E-state index in [9.17, 15) is 0 Å². The Morgan fingerprint density at radius 3 is 2.50 bits per heavy atom. The largest absolute Gasteiger partial charge is 0.493 e. The topological polar surface area (TPSA) is 102 Å². The zero-order valence-corrected chi connectivity index (χ0v) is 14.9. The summed E-state index contributed by atoms with van der Waals surface area (Å²) >= 11 is 0. The number of imidazole rings is 1. The summed E-state index contributed by atoms with van der Waals surface area (Å²) in [5, 5.41) is 0.761. The van der Waals surface area contributed by atoms with Crippen LogP contribution in [-0.4, -0.2) is 47.2 Å². The Balaban J connectivity index is 1.61. The van der Waals surface area contributed by atoms with Gasteiger partial charge in [-0.2, -0.15) is 4.98 Å². The molecule has 0 saturated carbocycles. The van der Waals surface area contributed by atoms with Crippen molar-refractivity contribution >= 4 is 22.7 Å². The van der Waals surface area contributed by atoms with E-state index < -0.39 is 0 Å². The fourth-order valence-electron chi connectivity index (χ4n) is 3.46. The van der Waals surface area contributed by atoms with Crippen LogP contribution in [0.1, 0.15) is 24.6 Å². The molecule has 26 heavy (non-hydrogen) atoms. The highest BCUT2D eigenvalue weighted by Gasteiger charge is 2.24. The van der Waals surface area contributed by atoms with E-state index in [1.54, 1.807) is 20.4 Å². The van der Waals surface area contributed by atoms with Crippen LogP contribution in [-0.2, 0) is 0 Å². The van der Waals surface area contributed by atoms with E-state index in [1.807, 2.05) is 18.3 Å². The van der Waals surface area contributed by atoms with Gasteiger partial charge in [0.2, 0.25) is 5.95 Å². The monoisotopic (exact) mass is 354 g/mol. The number of nitrogens with zero attached hydrogens (tertiary/aromatic N) is 4. The second-order valence-electron chi connectivity index (χ2n) is 6.37. The van der Waals surface area contributed by atoms with Gasteiger partial charge >= 0.3 is 0 Å². The number of anilines is 2. The molecule has 1 fully saturated rings. The van der Waals surface area contributed by atoms with Crippen LogP contribution in [0.25, 0.3) is 10.9 Å². The van der Waals surface area contributed by atoms with E-state index >= 15 is 0 Å². The predicted molar refractivity (Wildman–Crippen MR) is 99.8 cm³/mol. The molecule has 0 bridgehead atoms. The van der Waals surface area contributed by atoms with Crippen molar-refractivity contribution < 1.29 is 9.47 Å². The Kier molecular flexibility index (Phi) is 4.24. The second kappa shape index (κ2) is 6.70. The summed E-state index contributed by atoms with van der Waals surface area (Å²) in [6.07, 6.45) is 5.68. The van der Waals surface area contributed by atoms with Crippen LogP contribution in [0, 0.1) is 0 Å². The van der Waals surface area contributed by atoms with Crippen LogP contribution in [0.3, 0.4) is 0 Å². The molecular formula is C18H22N6O2.